The molecule has 0 radical (unpaired) electrons. The van der Waals surface area contributed by atoms with Crippen molar-refractivity contribution in [2.24, 2.45) is 0 Å². The van der Waals surface area contributed by atoms with Crippen molar-refractivity contribution in [2.75, 3.05) is 65.4 Å². The third-order valence-corrected chi connectivity index (χ3v) is 15.2. The minimum Gasteiger partial charge on any atom is -0.493 e. The summed E-state index contributed by atoms with van der Waals surface area (Å²) < 4.78 is 91.8. The highest BCUT2D eigenvalue weighted by Crippen LogP contribution is 2.44. The van der Waals surface area contributed by atoms with Crippen LogP contribution in [0.15, 0.2) is 48.5 Å². The first-order chi connectivity index (χ1) is 36.2. The Kier molecular flexibility index (Phi) is 20.3. The molecule has 1 aliphatic heterocycles. The summed E-state index contributed by atoms with van der Waals surface area (Å²) in [6.45, 7) is 29.3. The molecule has 16 heteroatoms. The van der Waals surface area contributed by atoms with E-state index in [-0.39, 0.29) is 47.7 Å². The molecular weight excluding hydrogens is 1030 g/mol. The molecule has 0 spiro atoms. The first-order valence-electron chi connectivity index (χ1n) is 27.6. The monoisotopic (exact) mass is 1120 g/mol. The second kappa shape index (κ2) is 25.5. The van der Waals surface area contributed by atoms with Crippen LogP contribution in [-0.2, 0) is 86.5 Å². The van der Waals surface area contributed by atoms with Crippen LogP contribution in [0.2, 0.25) is 0 Å². The standard InChI is InChI=1S/C62H88N2O12S2/c1-59(2,3)49-33-41-29-42-34-50(60(4,5)6)36-44(56(42)74-22-18-16-20-54(66)64-78(14,69)70)31-46-38-52(62(10,11)12)40-48-32-47-39-51(61(7,8)9)37-45(57(47)75-27-25-71-23-24-72-26-28-76-58(46)48)30-43(35-49)55(41)73-21-17-15-19-53(65)63-77(13,67)68/h33-40H,15-32H2,1-14H3,(H,63,65)(H,64,66). The maximum atomic E-state index is 12.6. The summed E-state index contributed by atoms with van der Waals surface area (Å²) in [5.74, 6) is 1.88. The first kappa shape index (κ1) is 62.0. The van der Waals surface area contributed by atoms with Crippen LogP contribution in [0.4, 0.5) is 0 Å². The number of nitrogens with one attached hydrogen (secondary N) is 2. The average molecular weight is 1120 g/mol. The molecule has 0 atom stereocenters. The summed E-state index contributed by atoms with van der Waals surface area (Å²) in [6, 6.07) is 18.2. The quantitative estimate of drug-likeness (QED) is 0.101. The lowest BCUT2D eigenvalue weighted by Crippen LogP contribution is -2.29. The van der Waals surface area contributed by atoms with Crippen LogP contribution in [0.3, 0.4) is 0 Å². The number of rotatable bonds is 14. The third-order valence-electron chi connectivity index (χ3n) is 14.0. The summed E-state index contributed by atoms with van der Waals surface area (Å²) in [5.41, 5.74) is 11.3. The summed E-state index contributed by atoms with van der Waals surface area (Å²) in [7, 11) is -7.39. The van der Waals surface area contributed by atoms with E-state index in [0.717, 1.165) is 90.8 Å². The van der Waals surface area contributed by atoms with Gasteiger partial charge in [-0.3, -0.25) is 19.0 Å². The molecule has 0 saturated heterocycles. The van der Waals surface area contributed by atoms with Crippen LogP contribution in [0, 0.1) is 0 Å². The topological polar surface area (TPSA) is 182 Å². The number of amides is 2. The van der Waals surface area contributed by atoms with Crippen LogP contribution in [0.5, 0.6) is 23.0 Å². The van der Waals surface area contributed by atoms with Gasteiger partial charge in [0.2, 0.25) is 31.9 Å². The number of ether oxygens (including phenoxy) is 6. The molecule has 6 rings (SSSR count). The van der Waals surface area contributed by atoms with Gasteiger partial charge in [0, 0.05) is 38.5 Å². The van der Waals surface area contributed by atoms with Gasteiger partial charge in [-0.2, -0.15) is 0 Å². The molecular formula is C62H88N2O12S2. The normalized spacial score (nSPS) is 15.1. The number of carbonyl (C=O) groups is 2. The molecule has 14 nitrogen and oxygen atoms in total. The molecule has 2 amide bonds. The maximum absolute atomic E-state index is 12.6. The Balaban J connectivity index is 1.68. The first-order valence-corrected chi connectivity index (χ1v) is 31.4. The molecule has 0 unspecified atom stereocenters. The molecule has 4 aromatic rings. The second-order valence-electron chi connectivity index (χ2n) is 25.3. The summed E-state index contributed by atoms with van der Waals surface area (Å²) in [5, 5.41) is 0. The van der Waals surface area contributed by atoms with Gasteiger partial charge < -0.3 is 28.4 Å². The average Bonchev–Trinajstić information content (AvgIpc) is 3.45. The van der Waals surface area contributed by atoms with Crippen molar-refractivity contribution < 1.29 is 54.8 Å². The number of sulfonamides is 2. The third kappa shape index (κ3) is 18.2. The van der Waals surface area contributed by atoms with Gasteiger partial charge in [-0.1, -0.05) is 132 Å². The van der Waals surface area contributed by atoms with Crippen molar-refractivity contribution in [2.45, 2.75) is 169 Å². The zero-order valence-electron chi connectivity index (χ0n) is 49.1. The van der Waals surface area contributed by atoms with Crippen LogP contribution < -0.4 is 28.4 Å². The van der Waals surface area contributed by atoms with Gasteiger partial charge in [-0.25, -0.2) is 16.8 Å². The molecule has 4 aromatic carbocycles. The fourth-order valence-electron chi connectivity index (χ4n) is 9.73. The fraction of sp³-hybridized carbons (Fsp3) is 0.581. The number of fused-ring (bicyclic) bond motifs is 4. The summed E-state index contributed by atoms with van der Waals surface area (Å²) >= 11 is 0. The van der Waals surface area contributed by atoms with Crippen molar-refractivity contribution in [3.63, 3.8) is 0 Å². The van der Waals surface area contributed by atoms with Crippen LogP contribution in [0.1, 0.15) is 188 Å². The van der Waals surface area contributed by atoms with E-state index in [0.29, 0.717) is 103 Å². The van der Waals surface area contributed by atoms with Crippen molar-refractivity contribution in [3.05, 3.63) is 115 Å². The number of carbonyl (C=O) groups excluding carboxylic acids is 2. The molecule has 1 aliphatic carbocycles. The predicted molar refractivity (Wildman–Crippen MR) is 309 cm³/mol. The van der Waals surface area contributed by atoms with E-state index >= 15 is 0 Å². The Morgan fingerprint density at radius 3 is 0.962 bits per heavy atom. The smallest absolute Gasteiger partial charge is 0.233 e. The Hall–Kier alpha value is -5.16. The van der Waals surface area contributed by atoms with E-state index in [2.05, 4.69) is 141 Å². The van der Waals surface area contributed by atoms with Crippen molar-refractivity contribution in [3.8, 4) is 23.0 Å². The van der Waals surface area contributed by atoms with Crippen molar-refractivity contribution >= 4 is 31.9 Å². The minimum atomic E-state index is -3.70. The highest BCUT2D eigenvalue weighted by Gasteiger charge is 2.30. The minimum absolute atomic E-state index is 0.0242. The van der Waals surface area contributed by atoms with E-state index in [1.165, 1.54) is 0 Å². The van der Waals surface area contributed by atoms with Crippen LogP contribution >= 0.6 is 0 Å². The van der Waals surface area contributed by atoms with Gasteiger partial charge in [0.1, 0.15) is 36.2 Å². The van der Waals surface area contributed by atoms with E-state index < -0.39 is 31.9 Å². The highest BCUT2D eigenvalue weighted by atomic mass is 32.2. The molecule has 0 fully saturated rings. The Labute approximate surface area is 466 Å². The lowest BCUT2D eigenvalue weighted by atomic mass is 9.79. The van der Waals surface area contributed by atoms with E-state index in [1.807, 2.05) is 0 Å². The predicted octanol–water partition coefficient (Wildman–Crippen LogP) is 10.6. The molecule has 0 saturated carbocycles. The van der Waals surface area contributed by atoms with Crippen LogP contribution in [-0.4, -0.2) is 94.0 Å². The molecule has 78 heavy (non-hydrogen) atoms. The number of benzene rings is 4. The zero-order chi connectivity index (χ0) is 57.4. The molecule has 2 N–H and O–H groups in total. The molecule has 2 aliphatic rings. The van der Waals surface area contributed by atoms with Crippen molar-refractivity contribution in [1.82, 2.24) is 9.44 Å². The lowest BCUT2D eigenvalue weighted by molar-refractivity contribution is -0.120. The molecule has 1 heterocycles. The number of hydrogen-bond donors (Lipinski definition) is 2. The van der Waals surface area contributed by atoms with Gasteiger partial charge in [-0.15, -0.1) is 0 Å². The second-order valence-corrected chi connectivity index (χ2v) is 28.8. The Bertz CT molecular complexity index is 2810. The van der Waals surface area contributed by atoms with Gasteiger partial charge >= 0.3 is 0 Å². The molecule has 0 aromatic heterocycles. The van der Waals surface area contributed by atoms with Crippen LogP contribution in [0.25, 0.3) is 0 Å². The maximum Gasteiger partial charge on any atom is 0.233 e. The summed E-state index contributed by atoms with van der Waals surface area (Å²) in [6.07, 6.45) is 5.57. The van der Waals surface area contributed by atoms with Crippen molar-refractivity contribution in [1.29, 1.82) is 0 Å². The zero-order valence-corrected chi connectivity index (χ0v) is 50.7. The van der Waals surface area contributed by atoms with E-state index in [4.69, 9.17) is 28.4 Å². The largest absolute Gasteiger partial charge is 0.493 e. The number of hydrogen-bond acceptors (Lipinski definition) is 12. The molecule has 10 bridgehead atoms. The SMILES string of the molecule is CC(C)(C)c1cc2c(OCCCCC(=O)NS(C)(=O)=O)c(c1)Cc1cc(C(C)(C)C)cc3c1OCCOCCOCCOc1c(cc(C(C)(C)C)cc1C3)Cc1cc(C(C)(C)C)cc(c1OCCCCC(=O)NS(C)(=O)=O)C2. The molecule has 430 valence electrons. The van der Waals surface area contributed by atoms with Gasteiger partial charge in [0.05, 0.1) is 52.2 Å². The Morgan fingerprint density at radius 1 is 0.423 bits per heavy atom. The fourth-order valence-corrected chi connectivity index (χ4v) is 10.8. The Morgan fingerprint density at radius 2 is 0.679 bits per heavy atom. The lowest BCUT2D eigenvalue weighted by Gasteiger charge is -2.29. The van der Waals surface area contributed by atoms with Gasteiger partial charge in [0.25, 0.3) is 0 Å². The van der Waals surface area contributed by atoms with Gasteiger partial charge in [-0.05, 0) is 114 Å². The van der Waals surface area contributed by atoms with Gasteiger partial charge in [0.15, 0.2) is 0 Å². The highest BCUT2D eigenvalue weighted by molar-refractivity contribution is 7.89. The summed E-state index contributed by atoms with van der Waals surface area (Å²) in [4.78, 5) is 25.2. The number of unbranched alkanes of at least 4 members (excludes halogenated alkanes) is 2. The van der Waals surface area contributed by atoms with E-state index in [1.54, 1.807) is 0 Å². The van der Waals surface area contributed by atoms with E-state index in [9.17, 15) is 26.4 Å².